The molecule has 2 fully saturated rings. The average molecular weight is 210 g/mol. The van der Waals surface area contributed by atoms with Crippen LogP contribution in [0, 0.1) is 17.8 Å². The van der Waals surface area contributed by atoms with E-state index < -0.39 is 5.60 Å². The second kappa shape index (κ2) is 3.89. The minimum absolute atomic E-state index is 0.183. The van der Waals surface area contributed by atoms with E-state index in [1.807, 2.05) is 13.8 Å². The third-order valence-electron chi connectivity index (χ3n) is 4.10. The molecule has 1 aliphatic heterocycles. The fourth-order valence-corrected chi connectivity index (χ4v) is 3.09. The van der Waals surface area contributed by atoms with Gasteiger partial charge in [-0.1, -0.05) is 19.8 Å². The van der Waals surface area contributed by atoms with Crippen LogP contribution in [-0.4, -0.2) is 18.0 Å². The Kier molecular flexibility index (Phi) is 2.89. The Morgan fingerprint density at radius 2 is 2.07 bits per heavy atom. The average Bonchev–Trinajstić information content (AvgIpc) is 2.42. The van der Waals surface area contributed by atoms with Crippen molar-refractivity contribution in [2.24, 2.45) is 17.8 Å². The quantitative estimate of drug-likeness (QED) is 0.665. The van der Waals surface area contributed by atoms with Crippen LogP contribution in [0.5, 0.6) is 0 Å². The Bertz CT molecular complexity index is 257. The lowest BCUT2D eigenvalue weighted by Crippen LogP contribution is -2.34. The monoisotopic (exact) mass is 210 g/mol. The molecule has 2 heteroatoms. The van der Waals surface area contributed by atoms with Gasteiger partial charge in [0.2, 0.25) is 0 Å². The topological polar surface area (TPSA) is 26.3 Å². The van der Waals surface area contributed by atoms with E-state index in [0.717, 1.165) is 5.92 Å². The highest BCUT2D eigenvalue weighted by Gasteiger charge is 2.45. The second-order valence-corrected chi connectivity index (χ2v) is 5.82. The van der Waals surface area contributed by atoms with Crippen molar-refractivity contribution >= 4 is 5.78 Å². The third-order valence-corrected chi connectivity index (χ3v) is 4.10. The lowest BCUT2D eigenvalue weighted by molar-refractivity contribution is -0.131. The molecular formula is C13H22O2. The van der Waals surface area contributed by atoms with Gasteiger partial charge in [-0.15, -0.1) is 0 Å². The molecule has 0 amide bonds. The minimum atomic E-state index is -0.522. The number of carbonyl (C=O) groups excluding carboxylic acids is 1. The number of hydrogen-bond donors (Lipinski definition) is 0. The summed E-state index contributed by atoms with van der Waals surface area (Å²) in [6, 6.07) is 0. The number of rotatable bonds is 1. The van der Waals surface area contributed by atoms with Crippen molar-refractivity contribution in [2.45, 2.75) is 52.1 Å². The molecule has 3 atom stereocenters. The summed E-state index contributed by atoms with van der Waals surface area (Å²) in [5.41, 5.74) is -0.522. The van der Waals surface area contributed by atoms with Gasteiger partial charge in [0, 0.05) is 5.92 Å². The summed E-state index contributed by atoms with van der Waals surface area (Å²) < 4.78 is 5.60. The van der Waals surface area contributed by atoms with Crippen molar-refractivity contribution in [3.05, 3.63) is 0 Å². The first-order valence-electron chi connectivity index (χ1n) is 6.19. The molecule has 0 radical (unpaired) electrons. The van der Waals surface area contributed by atoms with E-state index >= 15 is 0 Å². The second-order valence-electron chi connectivity index (χ2n) is 5.82. The van der Waals surface area contributed by atoms with Crippen LogP contribution in [0.25, 0.3) is 0 Å². The number of ketones is 1. The van der Waals surface area contributed by atoms with Gasteiger partial charge < -0.3 is 4.74 Å². The smallest absolute Gasteiger partial charge is 0.169 e. The van der Waals surface area contributed by atoms with Crippen LogP contribution in [0.15, 0.2) is 0 Å². The van der Waals surface area contributed by atoms with E-state index in [1.54, 1.807) is 0 Å². The first kappa shape index (κ1) is 11.1. The summed E-state index contributed by atoms with van der Waals surface area (Å²) in [6.07, 6.45) is 5.06. The summed E-state index contributed by atoms with van der Waals surface area (Å²) in [5.74, 6) is 1.90. The molecule has 3 unspecified atom stereocenters. The lowest BCUT2D eigenvalue weighted by atomic mass is 9.73. The first-order chi connectivity index (χ1) is 7.00. The van der Waals surface area contributed by atoms with Gasteiger partial charge >= 0.3 is 0 Å². The van der Waals surface area contributed by atoms with Crippen LogP contribution in [0.4, 0.5) is 0 Å². The number of ether oxygens (including phenoxy) is 1. The Hall–Kier alpha value is -0.370. The van der Waals surface area contributed by atoms with E-state index in [4.69, 9.17) is 4.74 Å². The van der Waals surface area contributed by atoms with Gasteiger partial charge in [0.15, 0.2) is 5.78 Å². The lowest BCUT2D eigenvalue weighted by Gasteiger charge is -2.30. The maximum absolute atomic E-state index is 12.1. The van der Waals surface area contributed by atoms with Gasteiger partial charge in [0.25, 0.3) is 0 Å². The normalized spacial score (nSPS) is 40.7. The van der Waals surface area contributed by atoms with Crippen LogP contribution in [0.1, 0.15) is 46.5 Å². The molecule has 0 aromatic carbocycles. The molecule has 0 aromatic rings. The van der Waals surface area contributed by atoms with Crippen molar-refractivity contribution in [3.63, 3.8) is 0 Å². The van der Waals surface area contributed by atoms with Crippen LogP contribution >= 0.6 is 0 Å². The standard InChI is InChI=1S/C13H22O2/c1-9-5-4-6-10(7-9)11-8-15-13(2,3)12(11)14/h9-11H,4-8H2,1-3H3. The zero-order valence-corrected chi connectivity index (χ0v) is 10.1. The molecule has 1 aliphatic carbocycles. The summed E-state index contributed by atoms with van der Waals surface area (Å²) in [7, 11) is 0. The van der Waals surface area contributed by atoms with Gasteiger partial charge in [0.1, 0.15) is 5.60 Å². The van der Waals surface area contributed by atoms with Crippen LogP contribution in [0.3, 0.4) is 0 Å². The Morgan fingerprint density at radius 3 is 2.60 bits per heavy atom. The predicted octanol–water partition coefficient (Wildman–Crippen LogP) is 2.81. The number of Topliss-reactive ketones (excluding diaryl/α,β-unsaturated/α-hetero) is 1. The van der Waals surface area contributed by atoms with Crippen molar-refractivity contribution in [3.8, 4) is 0 Å². The molecule has 2 aliphatic rings. The molecule has 2 rings (SSSR count). The molecule has 0 spiro atoms. The predicted molar refractivity (Wildman–Crippen MR) is 59.7 cm³/mol. The van der Waals surface area contributed by atoms with Crippen LogP contribution in [0.2, 0.25) is 0 Å². The molecule has 86 valence electrons. The number of carbonyl (C=O) groups is 1. The molecule has 1 heterocycles. The van der Waals surface area contributed by atoms with Gasteiger partial charge in [-0.2, -0.15) is 0 Å². The fourth-order valence-electron chi connectivity index (χ4n) is 3.09. The largest absolute Gasteiger partial charge is 0.367 e. The van der Waals surface area contributed by atoms with E-state index in [9.17, 15) is 4.79 Å². The van der Waals surface area contributed by atoms with E-state index in [1.165, 1.54) is 25.7 Å². The summed E-state index contributed by atoms with van der Waals surface area (Å²) >= 11 is 0. The zero-order valence-electron chi connectivity index (χ0n) is 10.1. The Labute approximate surface area is 92.4 Å². The van der Waals surface area contributed by atoms with Gasteiger partial charge in [0.05, 0.1) is 6.61 Å². The molecule has 0 bridgehead atoms. The Morgan fingerprint density at radius 1 is 1.33 bits per heavy atom. The zero-order chi connectivity index (χ0) is 11.1. The maximum Gasteiger partial charge on any atom is 0.169 e. The van der Waals surface area contributed by atoms with Gasteiger partial charge in [-0.25, -0.2) is 0 Å². The Balaban J connectivity index is 2.03. The summed E-state index contributed by atoms with van der Waals surface area (Å²) in [5, 5.41) is 0. The van der Waals surface area contributed by atoms with Crippen molar-refractivity contribution in [2.75, 3.05) is 6.61 Å². The van der Waals surface area contributed by atoms with Crippen molar-refractivity contribution in [1.82, 2.24) is 0 Å². The van der Waals surface area contributed by atoms with E-state index in [-0.39, 0.29) is 5.92 Å². The highest BCUT2D eigenvalue weighted by molar-refractivity contribution is 5.90. The molecule has 1 saturated heterocycles. The fraction of sp³-hybridized carbons (Fsp3) is 0.923. The van der Waals surface area contributed by atoms with E-state index in [2.05, 4.69) is 6.92 Å². The van der Waals surface area contributed by atoms with Gasteiger partial charge in [-0.05, 0) is 38.5 Å². The molecule has 0 aromatic heterocycles. The highest BCUT2D eigenvalue weighted by Crippen LogP contribution is 2.39. The van der Waals surface area contributed by atoms with Gasteiger partial charge in [-0.3, -0.25) is 4.79 Å². The molecular weight excluding hydrogens is 188 g/mol. The first-order valence-corrected chi connectivity index (χ1v) is 6.19. The molecule has 1 saturated carbocycles. The highest BCUT2D eigenvalue weighted by atomic mass is 16.5. The third kappa shape index (κ3) is 2.10. The summed E-state index contributed by atoms with van der Waals surface area (Å²) in [6.45, 7) is 6.77. The van der Waals surface area contributed by atoms with Crippen molar-refractivity contribution in [1.29, 1.82) is 0 Å². The van der Waals surface area contributed by atoms with Crippen molar-refractivity contribution < 1.29 is 9.53 Å². The summed E-state index contributed by atoms with van der Waals surface area (Å²) in [4.78, 5) is 12.1. The minimum Gasteiger partial charge on any atom is -0.367 e. The van der Waals surface area contributed by atoms with Crippen LogP contribution in [-0.2, 0) is 9.53 Å². The van der Waals surface area contributed by atoms with E-state index in [0.29, 0.717) is 18.3 Å². The molecule has 15 heavy (non-hydrogen) atoms. The van der Waals surface area contributed by atoms with Crippen LogP contribution < -0.4 is 0 Å². The SMILES string of the molecule is CC1CCCC(C2COC(C)(C)C2=O)C1. The molecule has 0 N–H and O–H groups in total. The molecule has 2 nitrogen and oxygen atoms in total. The number of hydrogen-bond acceptors (Lipinski definition) is 2. The maximum atomic E-state index is 12.1.